The van der Waals surface area contributed by atoms with E-state index < -0.39 is 0 Å². The Bertz CT molecular complexity index is 385. The normalized spacial score (nSPS) is 10.9. The second kappa shape index (κ2) is 6.19. The van der Waals surface area contributed by atoms with Gasteiger partial charge in [-0.3, -0.25) is 0 Å². The number of aromatic nitrogens is 2. The average Bonchev–Trinajstić information content (AvgIpc) is 2.29. The highest BCUT2D eigenvalue weighted by Gasteiger charge is 2.17. The molecule has 0 bridgehead atoms. The van der Waals surface area contributed by atoms with Crippen LogP contribution in [-0.2, 0) is 0 Å². The number of nitriles is 1. The van der Waals surface area contributed by atoms with Crippen LogP contribution in [0.4, 0.5) is 5.82 Å². The third-order valence-corrected chi connectivity index (χ3v) is 3.02. The first-order valence-corrected chi connectivity index (χ1v) is 6.01. The highest BCUT2D eigenvalue weighted by Crippen LogP contribution is 2.21. The van der Waals surface area contributed by atoms with Crippen LogP contribution in [0.15, 0.2) is 12.4 Å². The zero-order valence-corrected chi connectivity index (χ0v) is 10.9. The Morgan fingerprint density at radius 3 is 2.29 bits per heavy atom. The van der Waals surface area contributed by atoms with Crippen molar-refractivity contribution in [3.8, 4) is 6.07 Å². The minimum Gasteiger partial charge on any atom is -0.367 e. The summed E-state index contributed by atoms with van der Waals surface area (Å²) in [5, 5.41) is 12.1. The maximum atomic E-state index is 8.91. The van der Waals surface area contributed by atoms with Crippen molar-refractivity contribution in [2.24, 2.45) is 17.8 Å². The molecule has 1 aromatic heterocycles. The molecule has 1 rings (SSSR count). The number of nitrogens with one attached hydrogen (secondary N) is 1. The number of hydrogen-bond donors (Lipinski definition) is 1. The van der Waals surface area contributed by atoms with Crippen molar-refractivity contribution in [2.45, 2.75) is 27.7 Å². The Hall–Kier alpha value is -1.63. The summed E-state index contributed by atoms with van der Waals surface area (Å²) in [5.41, 5.74) is 0.360. The molecule has 17 heavy (non-hydrogen) atoms. The van der Waals surface area contributed by atoms with E-state index in [0.717, 1.165) is 6.54 Å². The molecule has 4 nitrogen and oxygen atoms in total. The van der Waals surface area contributed by atoms with Gasteiger partial charge >= 0.3 is 0 Å². The van der Waals surface area contributed by atoms with Gasteiger partial charge in [-0.1, -0.05) is 27.7 Å². The molecule has 4 heteroatoms. The molecule has 0 radical (unpaired) electrons. The zero-order chi connectivity index (χ0) is 12.8. The van der Waals surface area contributed by atoms with Crippen molar-refractivity contribution in [1.82, 2.24) is 9.97 Å². The molecule has 1 aromatic rings. The predicted octanol–water partition coefficient (Wildman–Crippen LogP) is 2.69. The number of hydrogen-bond acceptors (Lipinski definition) is 4. The number of rotatable bonds is 5. The first-order valence-electron chi connectivity index (χ1n) is 6.01. The molecule has 0 saturated carbocycles. The first-order chi connectivity index (χ1) is 8.06. The van der Waals surface area contributed by atoms with Crippen LogP contribution in [0.2, 0.25) is 0 Å². The predicted molar refractivity (Wildman–Crippen MR) is 68.4 cm³/mol. The van der Waals surface area contributed by atoms with E-state index in [4.69, 9.17) is 5.26 Å². The molecule has 0 aromatic carbocycles. The van der Waals surface area contributed by atoms with Gasteiger partial charge in [0.1, 0.15) is 6.07 Å². The van der Waals surface area contributed by atoms with Gasteiger partial charge in [-0.25, -0.2) is 9.97 Å². The number of nitrogens with zero attached hydrogens (tertiary/aromatic N) is 3. The summed E-state index contributed by atoms with van der Waals surface area (Å²) >= 11 is 0. The first kappa shape index (κ1) is 13.4. The van der Waals surface area contributed by atoms with Crippen molar-refractivity contribution in [2.75, 3.05) is 11.9 Å². The molecule has 0 atom stereocenters. The van der Waals surface area contributed by atoms with Crippen molar-refractivity contribution in [3.05, 3.63) is 18.1 Å². The van der Waals surface area contributed by atoms with E-state index in [1.54, 1.807) is 6.20 Å². The van der Waals surface area contributed by atoms with Gasteiger partial charge in [0.2, 0.25) is 0 Å². The second-order valence-electron chi connectivity index (χ2n) is 4.90. The quantitative estimate of drug-likeness (QED) is 0.847. The summed E-state index contributed by atoms with van der Waals surface area (Å²) in [4.78, 5) is 8.12. The van der Waals surface area contributed by atoms with Crippen molar-refractivity contribution < 1.29 is 0 Å². The van der Waals surface area contributed by atoms with Gasteiger partial charge in [0, 0.05) is 18.9 Å². The van der Waals surface area contributed by atoms with Crippen LogP contribution in [0.3, 0.4) is 0 Å². The molecule has 0 aliphatic heterocycles. The molecule has 0 fully saturated rings. The molecule has 1 N–H and O–H groups in total. The second-order valence-corrected chi connectivity index (χ2v) is 4.90. The van der Waals surface area contributed by atoms with Gasteiger partial charge in [0.15, 0.2) is 11.5 Å². The fourth-order valence-electron chi connectivity index (χ4n) is 2.00. The fraction of sp³-hybridized carbons (Fsp3) is 0.615. The molecule has 0 aliphatic carbocycles. The maximum absolute atomic E-state index is 8.91. The maximum Gasteiger partial charge on any atom is 0.182 e. The summed E-state index contributed by atoms with van der Waals surface area (Å²) in [6.45, 7) is 9.69. The lowest BCUT2D eigenvalue weighted by molar-refractivity contribution is 0.304. The highest BCUT2D eigenvalue weighted by molar-refractivity contribution is 5.46. The summed E-state index contributed by atoms with van der Waals surface area (Å²) in [5.74, 6) is 2.35. The lowest BCUT2D eigenvalue weighted by atomic mass is 9.85. The van der Waals surface area contributed by atoms with Gasteiger partial charge in [-0.15, -0.1) is 0 Å². The molecule has 0 unspecified atom stereocenters. The Labute approximate surface area is 103 Å². The van der Waals surface area contributed by atoms with Gasteiger partial charge in [0.25, 0.3) is 0 Å². The fourth-order valence-corrected chi connectivity index (χ4v) is 2.00. The molecule has 0 saturated heterocycles. The lowest BCUT2D eigenvalue weighted by Gasteiger charge is -2.25. The smallest absolute Gasteiger partial charge is 0.182 e. The van der Waals surface area contributed by atoms with Crippen LogP contribution >= 0.6 is 0 Å². The third kappa shape index (κ3) is 3.70. The average molecular weight is 232 g/mol. The Morgan fingerprint density at radius 2 is 1.76 bits per heavy atom. The van der Waals surface area contributed by atoms with E-state index in [-0.39, 0.29) is 0 Å². The van der Waals surface area contributed by atoms with E-state index in [0.29, 0.717) is 29.3 Å². The monoisotopic (exact) mass is 232 g/mol. The van der Waals surface area contributed by atoms with Crippen LogP contribution in [-0.4, -0.2) is 16.5 Å². The van der Waals surface area contributed by atoms with Crippen LogP contribution in [0, 0.1) is 29.1 Å². The van der Waals surface area contributed by atoms with Crippen molar-refractivity contribution >= 4 is 5.82 Å². The topological polar surface area (TPSA) is 61.6 Å². The van der Waals surface area contributed by atoms with Crippen molar-refractivity contribution in [3.63, 3.8) is 0 Å². The molecule has 0 aliphatic rings. The SMILES string of the molecule is CC(C)C(CNc1nccnc1C#N)C(C)C. The molecule has 0 spiro atoms. The van der Waals surface area contributed by atoms with E-state index in [9.17, 15) is 0 Å². The van der Waals surface area contributed by atoms with Crippen LogP contribution in [0.25, 0.3) is 0 Å². The van der Waals surface area contributed by atoms with Gasteiger partial charge in [0.05, 0.1) is 0 Å². The minimum atomic E-state index is 0.360. The van der Waals surface area contributed by atoms with Crippen LogP contribution in [0.5, 0.6) is 0 Å². The van der Waals surface area contributed by atoms with E-state index in [1.165, 1.54) is 6.20 Å². The summed E-state index contributed by atoms with van der Waals surface area (Å²) in [6.07, 6.45) is 3.13. The number of anilines is 1. The van der Waals surface area contributed by atoms with Gasteiger partial charge in [-0.05, 0) is 17.8 Å². The molecule has 1 heterocycles. The highest BCUT2D eigenvalue weighted by atomic mass is 15.0. The molecular formula is C13H20N4. The molecule has 92 valence electrons. The largest absolute Gasteiger partial charge is 0.367 e. The summed E-state index contributed by atoms with van der Waals surface area (Å²) in [7, 11) is 0. The third-order valence-electron chi connectivity index (χ3n) is 3.02. The standard InChI is InChI=1S/C13H20N4/c1-9(2)11(10(3)4)8-17-13-12(7-14)15-5-6-16-13/h5-6,9-11H,8H2,1-4H3,(H,16,17). The Morgan fingerprint density at radius 1 is 1.18 bits per heavy atom. The van der Waals surface area contributed by atoms with Gasteiger partial charge in [-0.2, -0.15) is 5.26 Å². The van der Waals surface area contributed by atoms with E-state index in [2.05, 4.69) is 43.0 Å². The van der Waals surface area contributed by atoms with Crippen molar-refractivity contribution in [1.29, 1.82) is 5.26 Å². The zero-order valence-electron chi connectivity index (χ0n) is 10.9. The van der Waals surface area contributed by atoms with E-state index >= 15 is 0 Å². The molecule has 0 amide bonds. The lowest BCUT2D eigenvalue weighted by Crippen LogP contribution is -2.25. The summed E-state index contributed by atoms with van der Waals surface area (Å²) < 4.78 is 0. The summed E-state index contributed by atoms with van der Waals surface area (Å²) in [6, 6.07) is 2.04. The van der Waals surface area contributed by atoms with E-state index in [1.807, 2.05) is 6.07 Å². The van der Waals surface area contributed by atoms with Crippen LogP contribution < -0.4 is 5.32 Å². The Kier molecular flexibility index (Phi) is 4.89. The minimum absolute atomic E-state index is 0.360. The van der Waals surface area contributed by atoms with Gasteiger partial charge < -0.3 is 5.32 Å². The molecular weight excluding hydrogens is 212 g/mol. The van der Waals surface area contributed by atoms with Crippen LogP contribution in [0.1, 0.15) is 33.4 Å². The Balaban J connectivity index is 2.69.